The largest absolute Gasteiger partial charge is 0.378 e. The van der Waals surface area contributed by atoms with Gasteiger partial charge in [0.25, 0.3) is 0 Å². The molecule has 1 saturated heterocycles. The number of hydrogen-bond donors (Lipinski definition) is 1. The van der Waals surface area contributed by atoms with E-state index >= 15 is 0 Å². The molecule has 1 aliphatic rings. The lowest BCUT2D eigenvalue weighted by Gasteiger charge is -2.36. The summed E-state index contributed by atoms with van der Waals surface area (Å²) >= 11 is 0. The van der Waals surface area contributed by atoms with Crippen molar-refractivity contribution in [1.29, 1.82) is 0 Å². The Morgan fingerprint density at radius 2 is 2.38 bits per heavy atom. The third kappa shape index (κ3) is 3.25. The topological polar surface area (TPSA) is 38.5 Å². The first-order chi connectivity index (χ1) is 6.27. The first-order valence-electron chi connectivity index (χ1n) is 5.29. The summed E-state index contributed by atoms with van der Waals surface area (Å²) in [4.78, 5) is 2.51. The lowest BCUT2D eigenvalue weighted by molar-refractivity contribution is -0.0139. The van der Waals surface area contributed by atoms with Gasteiger partial charge >= 0.3 is 0 Å². The van der Waals surface area contributed by atoms with Crippen molar-refractivity contribution in [3.8, 4) is 0 Å². The number of rotatable bonds is 4. The molecule has 0 amide bonds. The Morgan fingerprint density at radius 1 is 1.62 bits per heavy atom. The van der Waals surface area contributed by atoms with E-state index in [0.29, 0.717) is 12.0 Å². The number of ether oxygens (including phenoxy) is 1. The summed E-state index contributed by atoms with van der Waals surface area (Å²) in [6.07, 6.45) is 1.18. The molecule has 3 heteroatoms. The molecule has 1 aliphatic heterocycles. The minimum absolute atomic E-state index is 0.604. The summed E-state index contributed by atoms with van der Waals surface area (Å²) in [6.45, 7) is 9.19. The van der Waals surface area contributed by atoms with E-state index < -0.39 is 0 Å². The summed E-state index contributed by atoms with van der Waals surface area (Å²) in [5.74, 6) is 0.604. The minimum atomic E-state index is 0.604. The van der Waals surface area contributed by atoms with Gasteiger partial charge in [-0.1, -0.05) is 13.8 Å². The lowest BCUT2D eigenvalue weighted by Crippen LogP contribution is -2.47. The fraction of sp³-hybridized carbons (Fsp3) is 1.00. The maximum Gasteiger partial charge on any atom is 0.0622 e. The van der Waals surface area contributed by atoms with Crippen LogP contribution in [0.25, 0.3) is 0 Å². The summed E-state index contributed by atoms with van der Waals surface area (Å²) in [7, 11) is 0. The molecule has 0 aromatic rings. The number of nitrogens with zero attached hydrogens (tertiary/aromatic N) is 1. The van der Waals surface area contributed by atoms with Crippen LogP contribution in [0.1, 0.15) is 20.3 Å². The Hall–Kier alpha value is -0.120. The van der Waals surface area contributed by atoms with Gasteiger partial charge in [-0.3, -0.25) is 4.90 Å². The third-order valence-electron chi connectivity index (χ3n) is 2.77. The van der Waals surface area contributed by atoms with Crippen LogP contribution in [0, 0.1) is 5.92 Å². The van der Waals surface area contributed by atoms with Crippen LogP contribution in [-0.4, -0.2) is 43.8 Å². The van der Waals surface area contributed by atoms with E-state index in [1.54, 1.807) is 0 Å². The molecule has 0 aromatic heterocycles. The monoisotopic (exact) mass is 186 g/mol. The Bertz CT molecular complexity index is 141. The molecule has 78 valence electrons. The van der Waals surface area contributed by atoms with Crippen LogP contribution >= 0.6 is 0 Å². The van der Waals surface area contributed by atoms with Crippen molar-refractivity contribution in [3.05, 3.63) is 0 Å². The van der Waals surface area contributed by atoms with E-state index in [1.807, 2.05) is 0 Å². The summed E-state index contributed by atoms with van der Waals surface area (Å²) in [6, 6.07) is 0.614. The van der Waals surface area contributed by atoms with Gasteiger partial charge in [-0.25, -0.2) is 0 Å². The Balaban J connectivity index is 2.35. The summed E-state index contributed by atoms with van der Waals surface area (Å²) < 4.78 is 5.45. The van der Waals surface area contributed by atoms with Gasteiger partial charge in [0.05, 0.1) is 13.2 Å². The molecule has 13 heavy (non-hydrogen) atoms. The first-order valence-corrected chi connectivity index (χ1v) is 5.29. The molecular weight excluding hydrogens is 164 g/mol. The zero-order chi connectivity index (χ0) is 9.68. The van der Waals surface area contributed by atoms with Crippen LogP contribution in [0.2, 0.25) is 0 Å². The highest BCUT2D eigenvalue weighted by Gasteiger charge is 2.21. The molecule has 2 atom stereocenters. The lowest BCUT2D eigenvalue weighted by atomic mass is 10.1. The molecule has 1 fully saturated rings. The zero-order valence-electron chi connectivity index (χ0n) is 8.83. The van der Waals surface area contributed by atoms with Gasteiger partial charge in [0.15, 0.2) is 0 Å². The molecule has 0 saturated carbocycles. The van der Waals surface area contributed by atoms with E-state index in [-0.39, 0.29) is 0 Å². The first kappa shape index (κ1) is 11.0. The van der Waals surface area contributed by atoms with Gasteiger partial charge in [-0.2, -0.15) is 0 Å². The quantitative estimate of drug-likeness (QED) is 0.702. The minimum Gasteiger partial charge on any atom is -0.378 e. The molecule has 1 rings (SSSR count). The average Bonchev–Trinajstić information content (AvgIpc) is 2.18. The molecule has 0 aromatic carbocycles. The molecular formula is C10H22N2O. The normalized spacial score (nSPS) is 27.5. The van der Waals surface area contributed by atoms with E-state index in [2.05, 4.69) is 18.7 Å². The highest BCUT2D eigenvalue weighted by atomic mass is 16.5. The fourth-order valence-corrected chi connectivity index (χ4v) is 1.78. The van der Waals surface area contributed by atoms with Crippen LogP contribution in [0.15, 0.2) is 0 Å². The third-order valence-corrected chi connectivity index (χ3v) is 2.77. The zero-order valence-corrected chi connectivity index (χ0v) is 8.83. The van der Waals surface area contributed by atoms with Crippen molar-refractivity contribution in [2.45, 2.75) is 26.3 Å². The van der Waals surface area contributed by atoms with Gasteiger partial charge in [0, 0.05) is 19.1 Å². The summed E-state index contributed by atoms with van der Waals surface area (Å²) in [5.41, 5.74) is 5.62. The van der Waals surface area contributed by atoms with E-state index in [9.17, 15) is 0 Å². The number of hydrogen-bond acceptors (Lipinski definition) is 3. The average molecular weight is 186 g/mol. The van der Waals surface area contributed by atoms with Crippen LogP contribution in [-0.2, 0) is 4.74 Å². The highest BCUT2D eigenvalue weighted by molar-refractivity contribution is 4.75. The maximum atomic E-state index is 5.62. The molecule has 3 nitrogen and oxygen atoms in total. The maximum absolute atomic E-state index is 5.62. The van der Waals surface area contributed by atoms with Crippen molar-refractivity contribution in [3.63, 3.8) is 0 Å². The number of morpholine rings is 1. The van der Waals surface area contributed by atoms with E-state index in [4.69, 9.17) is 10.5 Å². The van der Waals surface area contributed by atoms with Gasteiger partial charge in [0.2, 0.25) is 0 Å². The molecule has 0 bridgehead atoms. The van der Waals surface area contributed by atoms with Crippen LogP contribution in [0.3, 0.4) is 0 Å². The molecule has 0 spiro atoms. The Morgan fingerprint density at radius 3 is 3.00 bits per heavy atom. The second-order valence-electron chi connectivity index (χ2n) is 3.97. The van der Waals surface area contributed by atoms with Gasteiger partial charge in [0.1, 0.15) is 0 Å². The second kappa shape index (κ2) is 5.58. The predicted molar refractivity (Wildman–Crippen MR) is 54.7 cm³/mol. The van der Waals surface area contributed by atoms with Crippen molar-refractivity contribution < 1.29 is 4.74 Å². The smallest absolute Gasteiger partial charge is 0.0622 e. The SMILES string of the molecule is CCC1COCCN1CC(C)CN. The van der Waals surface area contributed by atoms with Crippen molar-refractivity contribution in [1.82, 2.24) is 4.90 Å². The predicted octanol–water partition coefficient (Wildman–Crippen LogP) is 0.692. The van der Waals surface area contributed by atoms with Crippen LogP contribution < -0.4 is 5.73 Å². The van der Waals surface area contributed by atoms with Crippen molar-refractivity contribution >= 4 is 0 Å². The van der Waals surface area contributed by atoms with Crippen LogP contribution in [0.5, 0.6) is 0 Å². The number of nitrogens with two attached hydrogens (primary N) is 1. The van der Waals surface area contributed by atoms with Crippen molar-refractivity contribution in [2.75, 3.05) is 32.8 Å². The standard InChI is InChI=1S/C10H22N2O/c1-3-10-8-13-5-4-12(10)7-9(2)6-11/h9-10H,3-8,11H2,1-2H3. The molecule has 1 heterocycles. The van der Waals surface area contributed by atoms with Crippen LogP contribution in [0.4, 0.5) is 0 Å². The molecule has 2 N–H and O–H groups in total. The van der Waals surface area contributed by atoms with Crippen molar-refractivity contribution in [2.24, 2.45) is 11.7 Å². The highest BCUT2D eigenvalue weighted by Crippen LogP contribution is 2.11. The summed E-state index contributed by atoms with van der Waals surface area (Å²) in [5, 5.41) is 0. The molecule has 2 unspecified atom stereocenters. The van der Waals surface area contributed by atoms with Gasteiger partial charge in [-0.15, -0.1) is 0 Å². The second-order valence-corrected chi connectivity index (χ2v) is 3.97. The van der Waals surface area contributed by atoms with Gasteiger partial charge < -0.3 is 10.5 Å². The Kier molecular flexibility index (Phi) is 4.70. The van der Waals surface area contributed by atoms with Gasteiger partial charge in [-0.05, 0) is 18.9 Å². The molecule has 0 aliphatic carbocycles. The van der Waals surface area contributed by atoms with E-state index in [0.717, 1.165) is 32.8 Å². The van der Waals surface area contributed by atoms with E-state index in [1.165, 1.54) is 6.42 Å². The molecule has 0 radical (unpaired) electrons. The Labute approximate surface area is 81.2 Å². The fourth-order valence-electron chi connectivity index (χ4n) is 1.78.